The van der Waals surface area contributed by atoms with Gasteiger partial charge in [-0.15, -0.1) is 0 Å². The number of benzene rings is 1. The summed E-state index contributed by atoms with van der Waals surface area (Å²) >= 11 is 6.35. The van der Waals surface area contributed by atoms with Crippen LogP contribution in [0.3, 0.4) is 0 Å². The second kappa shape index (κ2) is 5.34. The molecule has 3 heteroatoms. The first-order valence-electron chi connectivity index (χ1n) is 7.44. The Balaban J connectivity index is 2.15. The van der Waals surface area contributed by atoms with Crippen LogP contribution >= 0.6 is 11.6 Å². The second-order valence-electron chi connectivity index (χ2n) is 5.92. The van der Waals surface area contributed by atoms with E-state index in [-0.39, 0.29) is 5.97 Å². The lowest BCUT2D eigenvalue weighted by atomic mass is 9.78. The van der Waals surface area contributed by atoms with E-state index >= 15 is 0 Å². The highest BCUT2D eigenvalue weighted by atomic mass is 35.5. The molecule has 110 valence electrons. The quantitative estimate of drug-likeness (QED) is 0.730. The van der Waals surface area contributed by atoms with Crippen molar-refractivity contribution < 1.29 is 9.53 Å². The minimum atomic E-state index is -0.472. The normalized spacial score (nSPS) is 20.8. The third-order valence-electron chi connectivity index (χ3n) is 4.51. The van der Waals surface area contributed by atoms with Gasteiger partial charge in [-0.05, 0) is 44.2 Å². The maximum atomic E-state index is 12.5. The average Bonchev–Trinajstić information content (AvgIpc) is 2.71. The van der Waals surface area contributed by atoms with Gasteiger partial charge in [0.15, 0.2) is 0 Å². The molecule has 1 heterocycles. The van der Waals surface area contributed by atoms with Crippen molar-refractivity contribution in [2.24, 2.45) is 0 Å². The summed E-state index contributed by atoms with van der Waals surface area (Å²) in [6.45, 7) is 5.90. The fourth-order valence-corrected chi connectivity index (χ4v) is 3.81. The molecule has 1 saturated carbocycles. The van der Waals surface area contributed by atoms with Gasteiger partial charge in [0.25, 0.3) is 0 Å². The van der Waals surface area contributed by atoms with E-state index in [1.165, 1.54) is 6.42 Å². The fraction of sp³-hybridized carbons (Fsp3) is 0.389. The number of carbonyl (C=O) groups excluding carboxylic acids is 1. The number of hydrogen-bond donors (Lipinski definition) is 0. The molecule has 1 spiro atoms. The van der Waals surface area contributed by atoms with Crippen LogP contribution in [0.15, 0.2) is 36.4 Å². The van der Waals surface area contributed by atoms with E-state index in [1.807, 2.05) is 25.1 Å². The number of hydrogen-bond acceptors (Lipinski definition) is 2. The van der Waals surface area contributed by atoms with E-state index in [9.17, 15) is 4.79 Å². The third-order valence-corrected chi connectivity index (χ3v) is 4.82. The van der Waals surface area contributed by atoms with Gasteiger partial charge in [0, 0.05) is 16.2 Å². The molecule has 0 unspecified atom stereocenters. The number of halogens is 1. The van der Waals surface area contributed by atoms with Gasteiger partial charge in [-0.25, -0.2) is 4.79 Å². The average molecular weight is 303 g/mol. The van der Waals surface area contributed by atoms with E-state index in [0.29, 0.717) is 10.6 Å². The monoisotopic (exact) mass is 302 g/mol. The van der Waals surface area contributed by atoms with Crippen molar-refractivity contribution in [3.8, 4) is 0 Å². The fourth-order valence-electron chi connectivity index (χ4n) is 3.48. The summed E-state index contributed by atoms with van der Waals surface area (Å²) in [5.41, 5.74) is 2.86. The Morgan fingerprint density at radius 3 is 2.62 bits per heavy atom. The molecule has 0 aromatic heterocycles. The molecular formula is C18H19ClO2. The van der Waals surface area contributed by atoms with Crippen LogP contribution in [-0.4, -0.2) is 11.6 Å². The molecule has 21 heavy (non-hydrogen) atoms. The number of esters is 1. The Labute approximate surface area is 130 Å². The molecule has 0 saturated heterocycles. The maximum absolute atomic E-state index is 12.5. The smallest absolute Gasteiger partial charge is 0.340 e. The van der Waals surface area contributed by atoms with Crippen LogP contribution in [0.5, 0.6) is 0 Å². The highest BCUT2D eigenvalue weighted by Gasteiger charge is 2.47. The third kappa shape index (κ3) is 2.32. The van der Waals surface area contributed by atoms with Crippen molar-refractivity contribution in [3.63, 3.8) is 0 Å². The second-order valence-corrected chi connectivity index (χ2v) is 6.33. The summed E-state index contributed by atoms with van der Waals surface area (Å²) in [5, 5.41) is 0.592. The van der Waals surface area contributed by atoms with E-state index in [2.05, 4.69) is 6.58 Å². The predicted molar refractivity (Wildman–Crippen MR) is 85.2 cm³/mol. The van der Waals surface area contributed by atoms with Crippen LogP contribution in [0.4, 0.5) is 0 Å². The van der Waals surface area contributed by atoms with Crippen LogP contribution < -0.4 is 0 Å². The minimum Gasteiger partial charge on any atom is -0.451 e. The van der Waals surface area contributed by atoms with Crippen molar-refractivity contribution in [1.29, 1.82) is 0 Å². The van der Waals surface area contributed by atoms with Gasteiger partial charge in [0.05, 0.1) is 5.57 Å². The SMILES string of the molecule is C=CC1=C(c2ccc(C)cc2Cl)C(=O)OC12CCCCC2. The molecule has 0 radical (unpaired) electrons. The Morgan fingerprint density at radius 2 is 2.00 bits per heavy atom. The molecule has 2 aliphatic rings. The molecule has 0 bridgehead atoms. The van der Waals surface area contributed by atoms with Crippen LogP contribution in [0, 0.1) is 6.92 Å². The molecule has 1 aliphatic heterocycles. The largest absolute Gasteiger partial charge is 0.451 e. The predicted octanol–water partition coefficient (Wildman–Crippen LogP) is 4.85. The first-order chi connectivity index (χ1) is 10.1. The van der Waals surface area contributed by atoms with Gasteiger partial charge in [0.1, 0.15) is 5.60 Å². The first kappa shape index (κ1) is 14.4. The number of rotatable bonds is 2. The summed E-state index contributed by atoms with van der Waals surface area (Å²) in [6, 6.07) is 5.75. The maximum Gasteiger partial charge on any atom is 0.340 e. The number of ether oxygens (including phenoxy) is 1. The van der Waals surface area contributed by atoms with Crippen LogP contribution in [0.25, 0.3) is 5.57 Å². The molecule has 2 nitrogen and oxygen atoms in total. The highest BCUT2D eigenvalue weighted by molar-refractivity contribution is 6.35. The van der Waals surface area contributed by atoms with Crippen molar-refractivity contribution >= 4 is 23.1 Å². The summed E-state index contributed by atoms with van der Waals surface area (Å²) in [7, 11) is 0. The molecule has 1 aliphatic carbocycles. The number of carbonyl (C=O) groups is 1. The van der Waals surface area contributed by atoms with E-state index in [1.54, 1.807) is 6.08 Å². The Hall–Kier alpha value is -1.54. The Kier molecular flexibility index (Phi) is 3.66. The van der Waals surface area contributed by atoms with Crippen molar-refractivity contribution in [2.45, 2.75) is 44.6 Å². The van der Waals surface area contributed by atoms with E-state index in [4.69, 9.17) is 16.3 Å². The lowest BCUT2D eigenvalue weighted by Crippen LogP contribution is -2.33. The molecule has 1 aromatic carbocycles. The zero-order valence-corrected chi connectivity index (χ0v) is 13.0. The van der Waals surface area contributed by atoms with Gasteiger partial charge in [-0.1, -0.05) is 42.8 Å². The van der Waals surface area contributed by atoms with Gasteiger partial charge in [0.2, 0.25) is 0 Å². The van der Waals surface area contributed by atoms with Crippen molar-refractivity contribution in [2.75, 3.05) is 0 Å². The van der Waals surface area contributed by atoms with Gasteiger partial charge in [-0.2, -0.15) is 0 Å². The summed E-state index contributed by atoms with van der Waals surface area (Å²) in [6.07, 6.45) is 6.91. The topological polar surface area (TPSA) is 26.3 Å². The first-order valence-corrected chi connectivity index (χ1v) is 7.82. The zero-order valence-electron chi connectivity index (χ0n) is 12.2. The standard InChI is InChI=1S/C18H19ClO2/c1-3-14-16(13-8-7-12(2)11-15(13)19)17(20)21-18(14)9-5-4-6-10-18/h3,7-8,11H,1,4-6,9-10H2,2H3. The lowest BCUT2D eigenvalue weighted by Gasteiger charge is -2.33. The summed E-state index contributed by atoms with van der Waals surface area (Å²) < 4.78 is 5.80. The van der Waals surface area contributed by atoms with Crippen LogP contribution in [0.1, 0.15) is 43.2 Å². The Bertz CT molecular complexity index is 637. The van der Waals surface area contributed by atoms with Crippen molar-refractivity contribution in [3.05, 3.63) is 52.6 Å². The molecule has 0 atom stereocenters. The zero-order chi connectivity index (χ0) is 15.0. The summed E-state index contributed by atoms with van der Waals surface area (Å²) in [4.78, 5) is 12.5. The molecule has 0 amide bonds. The minimum absolute atomic E-state index is 0.266. The number of aryl methyl sites for hydroxylation is 1. The van der Waals surface area contributed by atoms with Gasteiger partial charge < -0.3 is 4.74 Å². The van der Waals surface area contributed by atoms with Crippen LogP contribution in [-0.2, 0) is 9.53 Å². The van der Waals surface area contributed by atoms with Gasteiger partial charge >= 0.3 is 5.97 Å². The van der Waals surface area contributed by atoms with Crippen molar-refractivity contribution in [1.82, 2.24) is 0 Å². The van der Waals surface area contributed by atoms with E-state index in [0.717, 1.165) is 42.4 Å². The lowest BCUT2D eigenvalue weighted by molar-refractivity contribution is -0.147. The van der Waals surface area contributed by atoms with Crippen LogP contribution in [0.2, 0.25) is 5.02 Å². The molecule has 3 rings (SSSR count). The Morgan fingerprint density at radius 1 is 1.29 bits per heavy atom. The molecular weight excluding hydrogens is 284 g/mol. The molecule has 1 fully saturated rings. The molecule has 1 aromatic rings. The van der Waals surface area contributed by atoms with Gasteiger partial charge in [-0.3, -0.25) is 0 Å². The van der Waals surface area contributed by atoms with E-state index < -0.39 is 5.60 Å². The highest BCUT2D eigenvalue weighted by Crippen LogP contribution is 2.47. The summed E-state index contributed by atoms with van der Waals surface area (Å²) in [5.74, 6) is -0.266. The molecule has 0 N–H and O–H groups in total.